The monoisotopic (exact) mass is 397 g/mol. The highest BCUT2D eigenvalue weighted by Gasteiger charge is 2.48. The Balaban J connectivity index is 1.74. The molecule has 1 N–H and O–H groups in total. The first-order valence-corrected chi connectivity index (χ1v) is 9.76. The van der Waals surface area contributed by atoms with Crippen LogP contribution in [0, 0.1) is 0 Å². The van der Waals surface area contributed by atoms with Gasteiger partial charge >= 0.3 is 0 Å². The SMILES string of the molecule is CCOc1ccc(/C(O)=C2\C(=O)C(=O)N(CC3CCCO3)C2c2ccco2)cc1. The van der Waals surface area contributed by atoms with Crippen molar-refractivity contribution >= 4 is 17.4 Å². The molecule has 3 heterocycles. The van der Waals surface area contributed by atoms with Crippen molar-refractivity contribution in [2.45, 2.75) is 31.9 Å². The number of hydrogen-bond donors (Lipinski definition) is 1. The zero-order valence-corrected chi connectivity index (χ0v) is 16.2. The fourth-order valence-electron chi connectivity index (χ4n) is 3.85. The molecule has 2 saturated heterocycles. The first-order chi connectivity index (χ1) is 14.1. The topological polar surface area (TPSA) is 89.2 Å². The van der Waals surface area contributed by atoms with Crippen molar-refractivity contribution in [3.8, 4) is 5.75 Å². The van der Waals surface area contributed by atoms with E-state index in [-0.39, 0.29) is 24.0 Å². The number of ketones is 1. The van der Waals surface area contributed by atoms with Crippen molar-refractivity contribution in [2.75, 3.05) is 19.8 Å². The maximum absolute atomic E-state index is 12.9. The average Bonchev–Trinajstić information content (AvgIpc) is 3.47. The molecule has 0 aliphatic carbocycles. The van der Waals surface area contributed by atoms with Gasteiger partial charge in [-0.15, -0.1) is 0 Å². The van der Waals surface area contributed by atoms with E-state index in [1.54, 1.807) is 36.4 Å². The number of ether oxygens (including phenoxy) is 2. The Labute approximate surface area is 168 Å². The summed E-state index contributed by atoms with van der Waals surface area (Å²) in [7, 11) is 0. The van der Waals surface area contributed by atoms with E-state index in [2.05, 4.69) is 0 Å². The van der Waals surface area contributed by atoms with E-state index in [9.17, 15) is 14.7 Å². The quantitative estimate of drug-likeness (QED) is 0.457. The highest BCUT2D eigenvalue weighted by molar-refractivity contribution is 6.46. The Kier molecular flexibility index (Phi) is 5.40. The molecule has 29 heavy (non-hydrogen) atoms. The van der Waals surface area contributed by atoms with Gasteiger partial charge in [-0.3, -0.25) is 9.59 Å². The number of nitrogens with zero attached hydrogens (tertiary/aromatic N) is 1. The van der Waals surface area contributed by atoms with Crippen molar-refractivity contribution in [1.29, 1.82) is 0 Å². The summed E-state index contributed by atoms with van der Waals surface area (Å²) in [6, 6.07) is 9.34. The minimum atomic E-state index is -0.791. The molecule has 2 unspecified atom stereocenters. The molecule has 0 bridgehead atoms. The molecule has 7 heteroatoms. The van der Waals surface area contributed by atoms with Crippen LogP contribution in [0.15, 0.2) is 52.7 Å². The van der Waals surface area contributed by atoms with Crippen molar-refractivity contribution in [3.63, 3.8) is 0 Å². The normalized spacial score (nSPS) is 23.7. The molecule has 152 valence electrons. The lowest BCUT2D eigenvalue weighted by Crippen LogP contribution is -2.36. The first-order valence-electron chi connectivity index (χ1n) is 9.76. The van der Waals surface area contributed by atoms with Crippen LogP contribution in [0.1, 0.15) is 37.1 Å². The van der Waals surface area contributed by atoms with Gasteiger partial charge in [0.05, 0.1) is 24.5 Å². The summed E-state index contributed by atoms with van der Waals surface area (Å²) >= 11 is 0. The lowest BCUT2D eigenvalue weighted by molar-refractivity contribution is -0.141. The van der Waals surface area contributed by atoms with E-state index in [0.717, 1.165) is 12.8 Å². The van der Waals surface area contributed by atoms with Gasteiger partial charge in [0.25, 0.3) is 11.7 Å². The summed E-state index contributed by atoms with van der Waals surface area (Å²) in [6.45, 7) is 3.33. The molecule has 2 aliphatic rings. The minimum absolute atomic E-state index is 0.0205. The van der Waals surface area contributed by atoms with Crippen LogP contribution < -0.4 is 4.74 Å². The molecule has 0 spiro atoms. The third kappa shape index (κ3) is 3.65. The summed E-state index contributed by atoms with van der Waals surface area (Å²) in [6.07, 6.45) is 3.10. The Hall–Kier alpha value is -3.06. The summed E-state index contributed by atoms with van der Waals surface area (Å²) in [5.74, 6) is -0.534. The minimum Gasteiger partial charge on any atom is -0.507 e. The maximum Gasteiger partial charge on any atom is 0.295 e. The Morgan fingerprint density at radius 1 is 1.24 bits per heavy atom. The van der Waals surface area contributed by atoms with Gasteiger partial charge in [0.15, 0.2) is 0 Å². The summed E-state index contributed by atoms with van der Waals surface area (Å²) in [5, 5.41) is 10.9. The lowest BCUT2D eigenvalue weighted by atomic mass is 9.99. The van der Waals surface area contributed by atoms with E-state index in [1.807, 2.05) is 6.92 Å². The van der Waals surface area contributed by atoms with E-state index >= 15 is 0 Å². The van der Waals surface area contributed by atoms with Crippen LogP contribution in [0.3, 0.4) is 0 Å². The average molecular weight is 397 g/mol. The molecule has 2 aromatic rings. The van der Waals surface area contributed by atoms with Crippen LogP contribution in [-0.4, -0.2) is 47.6 Å². The molecular weight excluding hydrogens is 374 g/mol. The summed E-state index contributed by atoms with van der Waals surface area (Å²) in [5.41, 5.74) is 0.451. The van der Waals surface area contributed by atoms with Crippen LogP contribution in [0.5, 0.6) is 5.75 Å². The molecule has 7 nitrogen and oxygen atoms in total. The van der Waals surface area contributed by atoms with Gasteiger partial charge in [-0.25, -0.2) is 0 Å². The van der Waals surface area contributed by atoms with Gasteiger partial charge in [0.1, 0.15) is 23.3 Å². The van der Waals surface area contributed by atoms with Crippen molar-refractivity contribution in [3.05, 3.63) is 59.6 Å². The number of aliphatic hydroxyl groups excluding tert-OH is 1. The number of carbonyl (C=O) groups is 2. The first kappa shape index (κ1) is 19.3. The van der Waals surface area contributed by atoms with Gasteiger partial charge in [0.2, 0.25) is 0 Å². The predicted molar refractivity (Wildman–Crippen MR) is 104 cm³/mol. The Bertz CT molecular complexity index is 909. The molecule has 1 amide bonds. The van der Waals surface area contributed by atoms with Gasteiger partial charge < -0.3 is 23.9 Å². The summed E-state index contributed by atoms with van der Waals surface area (Å²) in [4.78, 5) is 27.1. The molecule has 2 atom stereocenters. The molecular formula is C22H23NO6. The highest BCUT2D eigenvalue weighted by atomic mass is 16.5. The molecule has 2 aliphatic heterocycles. The number of aliphatic hydroxyl groups is 1. The third-order valence-corrected chi connectivity index (χ3v) is 5.22. The number of Topliss-reactive ketones (excluding diaryl/α,β-unsaturated/α-hetero) is 1. The van der Waals surface area contributed by atoms with E-state index in [1.165, 1.54) is 11.2 Å². The van der Waals surface area contributed by atoms with Crippen molar-refractivity contribution in [1.82, 2.24) is 4.90 Å². The zero-order valence-electron chi connectivity index (χ0n) is 16.2. The van der Waals surface area contributed by atoms with Crippen LogP contribution >= 0.6 is 0 Å². The van der Waals surface area contributed by atoms with Crippen LogP contribution in [0.2, 0.25) is 0 Å². The second kappa shape index (κ2) is 8.13. The highest BCUT2D eigenvalue weighted by Crippen LogP contribution is 2.40. The third-order valence-electron chi connectivity index (χ3n) is 5.22. The zero-order chi connectivity index (χ0) is 20.4. The standard InChI is InChI=1S/C22H23NO6/c1-2-27-15-9-7-14(8-10-15)20(24)18-19(17-6-4-12-29-17)23(22(26)21(18)25)13-16-5-3-11-28-16/h4,6-10,12,16,19,24H,2-3,5,11,13H2,1H3/b20-18+. The van der Waals surface area contributed by atoms with Gasteiger partial charge in [-0.2, -0.15) is 0 Å². The van der Waals surface area contributed by atoms with Crippen molar-refractivity contribution in [2.24, 2.45) is 0 Å². The molecule has 1 aromatic carbocycles. The number of rotatable bonds is 6. The van der Waals surface area contributed by atoms with E-state index < -0.39 is 17.7 Å². The number of carbonyl (C=O) groups excluding carboxylic acids is 2. The second-order valence-corrected chi connectivity index (χ2v) is 7.06. The molecule has 0 radical (unpaired) electrons. The second-order valence-electron chi connectivity index (χ2n) is 7.06. The molecule has 4 rings (SSSR count). The van der Waals surface area contributed by atoms with Crippen molar-refractivity contribution < 1.29 is 28.6 Å². The van der Waals surface area contributed by atoms with Gasteiger partial charge in [-0.05, 0) is 56.2 Å². The number of amides is 1. The Morgan fingerprint density at radius 3 is 2.66 bits per heavy atom. The fourth-order valence-corrected chi connectivity index (χ4v) is 3.85. The lowest BCUT2D eigenvalue weighted by Gasteiger charge is -2.25. The smallest absolute Gasteiger partial charge is 0.295 e. The largest absolute Gasteiger partial charge is 0.507 e. The van der Waals surface area contributed by atoms with Crippen LogP contribution in [0.4, 0.5) is 0 Å². The van der Waals surface area contributed by atoms with Crippen LogP contribution in [0.25, 0.3) is 5.76 Å². The van der Waals surface area contributed by atoms with Gasteiger partial charge in [-0.1, -0.05) is 0 Å². The predicted octanol–water partition coefficient (Wildman–Crippen LogP) is 3.28. The van der Waals surface area contributed by atoms with Crippen LogP contribution in [-0.2, 0) is 14.3 Å². The molecule has 1 aromatic heterocycles. The fraction of sp³-hybridized carbons (Fsp3) is 0.364. The number of benzene rings is 1. The number of likely N-dealkylation sites (tertiary alicyclic amines) is 1. The maximum atomic E-state index is 12.9. The number of furan rings is 1. The van der Waals surface area contributed by atoms with Gasteiger partial charge in [0, 0.05) is 18.7 Å². The van der Waals surface area contributed by atoms with E-state index in [0.29, 0.717) is 30.3 Å². The van der Waals surface area contributed by atoms with E-state index in [4.69, 9.17) is 13.9 Å². The Morgan fingerprint density at radius 2 is 2.03 bits per heavy atom. The molecule has 2 fully saturated rings. The molecule has 0 saturated carbocycles. The number of hydrogen-bond acceptors (Lipinski definition) is 6. The summed E-state index contributed by atoms with van der Waals surface area (Å²) < 4.78 is 16.6.